The Bertz CT molecular complexity index is 374. The van der Waals surface area contributed by atoms with E-state index in [9.17, 15) is 9.59 Å². The first kappa shape index (κ1) is 16.8. The molecule has 116 valence electrons. The van der Waals surface area contributed by atoms with E-state index in [4.69, 9.17) is 4.74 Å². The number of amides is 2. The van der Waals surface area contributed by atoms with Crippen molar-refractivity contribution in [2.45, 2.75) is 58.7 Å². The van der Waals surface area contributed by atoms with Crippen molar-refractivity contribution >= 4 is 12.0 Å². The molecule has 0 spiro atoms. The predicted molar refractivity (Wildman–Crippen MR) is 77.5 cm³/mol. The zero-order chi connectivity index (χ0) is 15.6. The molecule has 1 atom stereocenters. The van der Waals surface area contributed by atoms with Gasteiger partial charge in [0.15, 0.2) is 5.60 Å². The molecule has 20 heavy (non-hydrogen) atoms. The zero-order valence-electron chi connectivity index (χ0n) is 13.4. The van der Waals surface area contributed by atoms with Crippen molar-refractivity contribution in [3.05, 3.63) is 0 Å². The van der Waals surface area contributed by atoms with Gasteiger partial charge in [-0.1, -0.05) is 0 Å². The largest absolute Gasteiger partial charge is 0.433 e. The smallest absolute Gasteiger partial charge is 0.408 e. The highest BCUT2D eigenvalue weighted by atomic mass is 16.6. The summed E-state index contributed by atoms with van der Waals surface area (Å²) in [6.45, 7) is 12.9. The van der Waals surface area contributed by atoms with Gasteiger partial charge in [-0.2, -0.15) is 0 Å². The molecule has 1 rings (SSSR count). The van der Waals surface area contributed by atoms with Crippen molar-refractivity contribution in [3.8, 4) is 0 Å². The number of carbonyl (C=O) groups excluding carboxylic acids is 2. The standard InChI is InChI=1S/C14H27N3O3/c1-10-9-17(8-7-15-10)11(18)14(5,6)20-12(19)16-13(2,3)4/h10,15H,7-9H2,1-6H3,(H,16,19)/t10-/m1/s1. The van der Waals surface area contributed by atoms with Gasteiger partial charge < -0.3 is 20.3 Å². The Morgan fingerprint density at radius 2 is 1.85 bits per heavy atom. The Kier molecular flexibility index (Phi) is 5.02. The van der Waals surface area contributed by atoms with Crippen LogP contribution < -0.4 is 10.6 Å². The summed E-state index contributed by atoms with van der Waals surface area (Å²) in [5.41, 5.74) is -1.55. The lowest BCUT2D eigenvalue weighted by Gasteiger charge is -2.37. The molecule has 0 aromatic rings. The highest BCUT2D eigenvalue weighted by molar-refractivity contribution is 5.87. The summed E-state index contributed by atoms with van der Waals surface area (Å²) in [4.78, 5) is 26.0. The van der Waals surface area contributed by atoms with Gasteiger partial charge >= 0.3 is 6.09 Å². The number of nitrogens with zero attached hydrogens (tertiary/aromatic N) is 1. The molecule has 0 aliphatic carbocycles. The van der Waals surface area contributed by atoms with E-state index in [-0.39, 0.29) is 17.5 Å². The molecule has 0 aromatic carbocycles. The lowest BCUT2D eigenvalue weighted by atomic mass is 10.1. The van der Waals surface area contributed by atoms with Crippen LogP contribution in [0.4, 0.5) is 4.79 Å². The second kappa shape index (κ2) is 5.99. The van der Waals surface area contributed by atoms with E-state index in [1.165, 1.54) is 0 Å². The number of nitrogens with one attached hydrogen (secondary N) is 2. The minimum atomic E-state index is -1.16. The van der Waals surface area contributed by atoms with Crippen molar-refractivity contribution in [1.82, 2.24) is 15.5 Å². The second-order valence-corrected chi connectivity index (χ2v) is 6.88. The lowest BCUT2D eigenvalue weighted by Crippen LogP contribution is -2.57. The molecule has 1 saturated heterocycles. The van der Waals surface area contributed by atoms with E-state index in [0.717, 1.165) is 6.54 Å². The van der Waals surface area contributed by atoms with Gasteiger partial charge in [0.05, 0.1) is 0 Å². The monoisotopic (exact) mass is 285 g/mol. The number of alkyl carbamates (subject to hydrolysis) is 1. The van der Waals surface area contributed by atoms with Crippen molar-refractivity contribution in [3.63, 3.8) is 0 Å². The van der Waals surface area contributed by atoms with Crippen LogP contribution in [0.5, 0.6) is 0 Å². The van der Waals surface area contributed by atoms with Gasteiger partial charge in [0, 0.05) is 31.2 Å². The molecular weight excluding hydrogens is 258 g/mol. The van der Waals surface area contributed by atoms with Gasteiger partial charge in [0.25, 0.3) is 5.91 Å². The van der Waals surface area contributed by atoms with Crippen LogP contribution in [0.1, 0.15) is 41.5 Å². The predicted octanol–water partition coefficient (Wildman–Crippen LogP) is 1.11. The molecule has 0 aromatic heterocycles. The van der Waals surface area contributed by atoms with Gasteiger partial charge in [-0.25, -0.2) is 4.79 Å². The summed E-state index contributed by atoms with van der Waals surface area (Å²) >= 11 is 0. The summed E-state index contributed by atoms with van der Waals surface area (Å²) < 4.78 is 5.30. The molecule has 2 amide bonds. The third-order valence-corrected chi connectivity index (χ3v) is 3.00. The van der Waals surface area contributed by atoms with E-state index in [0.29, 0.717) is 13.1 Å². The van der Waals surface area contributed by atoms with Crippen LogP contribution in [-0.4, -0.2) is 53.7 Å². The summed E-state index contributed by atoms with van der Waals surface area (Å²) in [6.07, 6.45) is -0.570. The first-order valence-corrected chi connectivity index (χ1v) is 7.05. The highest BCUT2D eigenvalue weighted by Crippen LogP contribution is 2.16. The summed E-state index contributed by atoms with van der Waals surface area (Å²) in [6, 6.07) is 0.256. The van der Waals surface area contributed by atoms with Crippen LogP contribution in [0, 0.1) is 0 Å². The molecule has 0 saturated carbocycles. The van der Waals surface area contributed by atoms with Gasteiger partial charge in [0.1, 0.15) is 0 Å². The van der Waals surface area contributed by atoms with Gasteiger partial charge in [-0.3, -0.25) is 4.79 Å². The Balaban J connectivity index is 2.62. The van der Waals surface area contributed by atoms with E-state index < -0.39 is 11.7 Å². The molecule has 1 fully saturated rings. The second-order valence-electron chi connectivity index (χ2n) is 6.88. The number of ether oxygens (including phenoxy) is 1. The third-order valence-electron chi connectivity index (χ3n) is 3.00. The van der Waals surface area contributed by atoms with Crippen molar-refractivity contribution < 1.29 is 14.3 Å². The van der Waals surface area contributed by atoms with Crippen molar-refractivity contribution in [2.24, 2.45) is 0 Å². The third kappa shape index (κ3) is 5.00. The summed E-state index contributed by atoms with van der Waals surface area (Å²) in [7, 11) is 0. The molecule has 6 heteroatoms. The molecule has 1 aliphatic heterocycles. The van der Waals surface area contributed by atoms with Gasteiger partial charge in [0.2, 0.25) is 0 Å². The number of hydrogen-bond acceptors (Lipinski definition) is 4. The van der Waals surface area contributed by atoms with Gasteiger partial charge in [-0.15, -0.1) is 0 Å². The maximum Gasteiger partial charge on any atom is 0.408 e. The summed E-state index contributed by atoms with van der Waals surface area (Å²) in [5.74, 6) is -0.157. The fraction of sp³-hybridized carbons (Fsp3) is 0.857. The first-order chi connectivity index (χ1) is 9.01. The van der Waals surface area contributed by atoms with Crippen molar-refractivity contribution in [2.75, 3.05) is 19.6 Å². The van der Waals surface area contributed by atoms with Crippen LogP contribution in [0.2, 0.25) is 0 Å². The molecule has 0 radical (unpaired) electrons. The molecule has 0 unspecified atom stereocenters. The SMILES string of the molecule is C[C@@H]1CN(C(=O)C(C)(C)OC(=O)NC(C)(C)C)CCN1. The lowest BCUT2D eigenvalue weighted by molar-refractivity contribution is -0.149. The van der Waals surface area contributed by atoms with E-state index in [1.807, 2.05) is 27.7 Å². The Morgan fingerprint density at radius 1 is 1.25 bits per heavy atom. The molecule has 6 nitrogen and oxygen atoms in total. The molecular formula is C14H27N3O3. The van der Waals surface area contributed by atoms with Gasteiger partial charge in [-0.05, 0) is 41.5 Å². The Labute approximate surface area is 121 Å². The number of hydrogen-bond donors (Lipinski definition) is 2. The maximum absolute atomic E-state index is 12.5. The Hall–Kier alpha value is -1.30. The maximum atomic E-state index is 12.5. The van der Waals surface area contributed by atoms with Crippen LogP contribution in [0.25, 0.3) is 0 Å². The normalized spacial score (nSPS) is 20.5. The first-order valence-electron chi connectivity index (χ1n) is 7.05. The van der Waals surface area contributed by atoms with E-state index in [1.54, 1.807) is 18.7 Å². The topological polar surface area (TPSA) is 70.7 Å². The van der Waals surface area contributed by atoms with Crippen LogP contribution in [0.3, 0.4) is 0 Å². The molecule has 1 heterocycles. The molecule has 1 aliphatic rings. The fourth-order valence-electron chi connectivity index (χ4n) is 2.10. The number of carbonyl (C=O) groups is 2. The molecule has 0 bridgehead atoms. The Morgan fingerprint density at radius 3 is 2.35 bits per heavy atom. The number of piperazine rings is 1. The zero-order valence-corrected chi connectivity index (χ0v) is 13.4. The quantitative estimate of drug-likeness (QED) is 0.797. The number of rotatable bonds is 2. The molecule has 2 N–H and O–H groups in total. The fourth-order valence-corrected chi connectivity index (χ4v) is 2.10. The summed E-state index contributed by atoms with van der Waals surface area (Å²) in [5, 5.41) is 5.97. The minimum absolute atomic E-state index is 0.157. The minimum Gasteiger partial charge on any atom is -0.433 e. The average Bonchev–Trinajstić information content (AvgIpc) is 2.24. The van der Waals surface area contributed by atoms with Crippen LogP contribution in [-0.2, 0) is 9.53 Å². The van der Waals surface area contributed by atoms with E-state index >= 15 is 0 Å². The highest BCUT2D eigenvalue weighted by Gasteiger charge is 2.37. The van der Waals surface area contributed by atoms with Crippen LogP contribution in [0.15, 0.2) is 0 Å². The van der Waals surface area contributed by atoms with Crippen LogP contribution >= 0.6 is 0 Å². The van der Waals surface area contributed by atoms with E-state index in [2.05, 4.69) is 10.6 Å². The average molecular weight is 285 g/mol. The van der Waals surface area contributed by atoms with Crippen molar-refractivity contribution in [1.29, 1.82) is 0 Å².